The van der Waals surface area contributed by atoms with E-state index in [9.17, 15) is 31.1 Å². The standard InChI is InChI=1S/C21H18F6N4O3/c22-13-5-12(31-19(32)30-8-20(24)9-33-10-20)6-14(23)17(13)34-15-2-4-28-18-16(15)11(7-29-18)1-3-21(25,26)27/h2,4-7H,1,3,8-10H2,(H,28,29)(H2,30,31,32). The summed E-state index contributed by atoms with van der Waals surface area (Å²) in [5.41, 5.74) is -1.54. The third-order valence-corrected chi connectivity index (χ3v) is 5.05. The van der Waals surface area contributed by atoms with E-state index in [2.05, 4.69) is 20.6 Å². The minimum Gasteiger partial charge on any atom is -0.450 e. The van der Waals surface area contributed by atoms with Crippen LogP contribution in [0.4, 0.5) is 36.8 Å². The van der Waals surface area contributed by atoms with Gasteiger partial charge >= 0.3 is 12.2 Å². The summed E-state index contributed by atoms with van der Waals surface area (Å²) in [6.45, 7) is -0.663. The van der Waals surface area contributed by atoms with Gasteiger partial charge in [-0.15, -0.1) is 0 Å². The summed E-state index contributed by atoms with van der Waals surface area (Å²) in [5, 5.41) is 4.59. The zero-order valence-electron chi connectivity index (χ0n) is 17.4. The number of nitrogens with one attached hydrogen (secondary N) is 3. The molecule has 1 saturated heterocycles. The predicted molar refractivity (Wildman–Crippen MR) is 109 cm³/mol. The van der Waals surface area contributed by atoms with Crippen LogP contribution in [0.5, 0.6) is 11.5 Å². The number of halogens is 6. The number of urea groups is 1. The molecule has 13 heteroatoms. The quantitative estimate of drug-likeness (QED) is 0.409. The molecule has 0 aliphatic carbocycles. The van der Waals surface area contributed by atoms with Gasteiger partial charge in [0.2, 0.25) is 0 Å². The zero-order chi connectivity index (χ0) is 24.5. The van der Waals surface area contributed by atoms with Crippen LogP contribution in [0.25, 0.3) is 11.0 Å². The highest BCUT2D eigenvalue weighted by Crippen LogP contribution is 2.36. The molecule has 0 spiro atoms. The highest BCUT2D eigenvalue weighted by Gasteiger charge is 2.39. The van der Waals surface area contributed by atoms with Crippen molar-refractivity contribution in [2.75, 3.05) is 25.1 Å². The van der Waals surface area contributed by atoms with E-state index < -0.39 is 41.7 Å². The van der Waals surface area contributed by atoms with Crippen LogP contribution in [0, 0.1) is 11.6 Å². The third-order valence-electron chi connectivity index (χ3n) is 5.05. The van der Waals surface area contributed by atoms with Gasteiger partial charge in [0.25, 0.3) is 0 Å². The van der Waals surface area contributed by atoms with Crippen LogP contribution in [0.2, 0.25) is 0 Å². The van der Waals surface area contributed by atoms with Crippen molar-refractivity contribution in [2.45, 2.75) is 24.7 Å². The molecule has 2 amide bonds. The van der Waals surface area contributed by atoms with Crippen molar-refractivity contribution < 1.29 is 40.6 Å². The van der Waals surface area contributed by atoms with Crippen LogP contribution in [0.3, 0.4) is 0 Å². The summed E-state index contributed by atoms with van der Waals surface area (Å²) in [6, 6.07) is 1.96. The number of aromatic nitrogens is 2. The summed E-state index contributed by atoms with van der Waals surface area (Å²) in [7, 11) is 0. The van der Waals surface area contributed by atoms with Gasteiger partial charge < -0.3 is 25.1 Å². The number of aromatic amines is 1. The molecule has 2 aromatic heterocycles. The molecular formula is C21H18F6N4O3. The Morgan fingerprint density at radius 1 is 1.24 bits per heavy atom. The smallest absolute Gasteiger partial charge is 0.389 e. The van der Waals surface area contributed by atoms with Gasteiger partial charge in [-0.1, -0.05) is 0 Å². The van der Waals surface area contributed by atoms with Crippen LogP contribution in [-0.4, -0.2) is 47.6 Å². The van der Waals surface area contributed by atoms with Gasteiger partial charge in [-0.2, -0.15) is 13.2 Å². The molecular weight excluding hydrogens is 470 g/mol. The summed E-state index contributed by atoms with van der Waals surface area (Å²) < 4.78 is 91.1. The second-order valence-corrected chi connectivity index (χ2v) is 7.78. The summed E-state index contributed by atoms with van der Waals surface area (Å²) in [6.07, 6.45) is -3.29. The van der Waals surface area contributed by atoms with E-state index in [0.29, 0.717) is 0 Å². The number of ether oxygens (including phenoxy) is 2. The number of amides is 2. The Kier molecular flexibility index (Phi) is 6.30. The first kappa shape index (κ1) is 23.7. The molecule has 3 N–H and O–H groups in total. The number of anilines is 1. The molecule has 1 aliphatic heterocycles. The Balaban J connectivity index is 1.50. The summed E-state index contributed by atoms with van der Waals surface area (Å²) in [5.74, 6) is -3.28. The molecule has 3 heterocycles. The fourth-order valence-corrected chi connectivity index (χ4v) is 3.33. The van der Waals surface area contributed by atoms with Crippen LogP contribution < -0.4 is 15.4 Å². The number of benzene rings is 1. The molecule has 0 atom stereocenters. The van der Waals surface area contributed by atoms with Crippen molar-refractivity contribution >= 4 is 22.8 Å². The Morgan fingerprint density at radius 2 is 1.94 bits per heavy atom. The lowest BCUT2D eigenvalue weighted by molar-refractivity contribution is -0.133. The van der Waals surface area contributed by atoms with E-state index >= 15 is 0 Å². The van der Waals surface area contributed by atoms with Crippen molar-refractivity contribution in [2.24, 2.45) is 0 Å². The van der Waals surface area contributed by atoms with Crippen LogP contribution >= 0.6 is 0 Å². The normalized spacial score (nSPS) is 15.1. The topological polar surface area (TPSA) is 88.3 Å². The number of fused-ring (bicyclic) bond motifs is 1. The maximum atomic E-state index is 14.6. The number of hydrogen-bond donors (Lipinski definition) is 3. The van der Waals surface area contributed by atoms with Gasteiger partial charge in [0.05, 0.1) is 25.1 Å². The van der Waals surface area contributed by atoms with E-state index in [0.717, 1.165) is 12.1 Å². The van der Waals surface area contributed by atoms with Crippen molar-refractivity contribution in [3.05, 3.63) is 47.8 Å². The highest BCUT2D eigenvalue weighted by atomic mass is 19.4. The molecule has 3 aromatic rings. The van der Waals surface area contributed by atoms with Crippen LogP contribution in [0.1, 0.15) is 12.0 Å². The molecule has 4 rings (SSSR count). The number of carbonyl (C=O) groups excluding carboxylic acids is 1. The lowest BCUT2D eigenvalue weighted by atomic mass is 10.1. The fraction of sp³-hybridized carbons (Fsp3) is 0.333. The van der Waals surface area contributed by atoms with Gasteiger partial charge in [0.1, 0.15) is 11.4 Å². The second-order valence-electron chi connectivity index (χ2n) is 7.78. The SMILES string of the molecule is O=C(NCC1(F)COC1)Nc1cc(F)c(Oc2ccnc3[nH]cc(CCC(F)(F)F)c23)c(F)c1. The Hall–Kier alpha value is -3.48. The predicted octanol–water partition coefficient (Wildman–Crippen LogP) is 4.99. The number of alkyl halides is 4. The molecule has 7 nitrogen and oxygen atoms in total. The number of hydrogen-bond acceptors (Lipinski definition) is 4. The fourth-order valence-electron chi connectivity index (χ4n) is 3.33. The van der Waals surface area contributed by atoms with Crippen molar-refractivity contribution in [3.63, 3.8) is 0 Å². The second kappa shape index (κ2) is 9.05. The maximum absolute atomic E-state index is 14.6. The van der Waals surface area contributed by atoms with E-state index in [1.807, 2.05) is 0 Å². The lowest BCUT2D eigenvalue weighted by Gasteiger charge is -2.33. The molecule has 0 bridgehead atoms. The zero-order valence-corrected chi connectivity index (χ0v) is 17.4. The third kappa shape index (κ3) is 5.35. The summed E-state index contributed by atoms with van der Waals surface area (Å²) in [4.78, 5) is 18.6. The maximum Gasteiger partial charge on any atom is 0.389 e. The van der Waals surface area contributed by atoms with E-state index in [1.165, 1.54) is 18.5 Å². The van der Waals surface area contributed by atoms with Gasteiger partial charge in [-0.05, 0) is 18.1 Å². The monoisotopic (exact) mass is 488 g/mol. The minimum atomic E-state index is -4.39. The number of pyridine rings is 1. The number of H-pyrrole nitrogens is 1. The van der Waals surface area contributed by atoms with Crippen molar-refractivity contribution in [3.8, 4) is 11.5 Å². The Labute approximate surface area is 188 Å². The molecule has 0 unspecified atom stereocenters. The van der Waals surface area contributed by atoms with Crippen LogP contribution in [-0.2, 0) is 11.2 Å². The van der Waals surface area contributed by atoms with E-state index in [4.69, 9.17) is 9.47 Å². The first-order valence-electron chi connectivity index (χ1n) is 10.0. The van der Waals surface area contributed by atoms with Crippen molar-refractivity contribution in [1.29, 1.82) is 0 Å². The Bertz CT molecular complexity index is 1190. The summed E-state index contributed by atoms with van der Waals surface area (Å²) >= 11 is 0. The number of aryl methyl sites for hydroxylation is 1. The molecule has 1 aliphatic rings. The molecule has 0 radical (unpaired) electrons. The van der Waals surface area contributed by atoms with Gasteiger partial charge in [-0.25, -0.2) is 22.9 Å². The van der Waals surface area contributed by atoms with Gasteiger partial charge in [0, 0.05) is 36.6 Å². The first-order chi connectivity index (χ1) is 16.0. The number of rotatable bonds is 7. The van der Waals surface area contributed by atoms with E-state index in [1.54, 1.807) is 0 Å². The van der Waals surface area contributed by atoms with Gasteiger partial charge in [0.15, 0.2) is 23.1 Å². The van der Waals surface area contributed by atoms with Crippen LogP contribution in [0.15, 0.2) is 30.6 Å². The minimum absolute atomic E-state index is 0.101. The largest absolute Gasteiger partial charge is 0.450 e. The molecule has 1 fully saturated rings. The number of nitrogens with zero attached hydrogens (tertiary/aromatic N) is 1. The molecule has 1 aromatic carbocycles. The highest BCUT2D eigenvalue weighted by molar-refractivity contribution is 5.89. The average Bonchev–Trinajstić information content (AvgIpc) is 3.15. The molecule has 0 saturated carbocycles. The van der Waals surface area contributed by atoms with Crippen molar-refractivity contribution in [1.82, 2.24) is 15.3 Å². The lowest BCUT2D eigenvalue weighted by Crippen LogP contribution is -2.54. The number of carbonyl (C=O) groups is 1. The van der Waals surface area contributed by atoms with Gasteiger partial charge in [-0.3, -0.25) is 0 Å². The Morgan fingerprint density at radius 3 is 2.56 bits per heavy atom. The first-order valence-corrected chi connectivity index (χ1v) is 10.0. The molecule has 34 heavy (non-hydrogen) atoms. The molecule has 182 valence electrons. The average molecular weight is 488 g/mol. The van der Waals surface area contributed by atoms with E-state index in [-0.39, 0.29) is 54.2 Å².